The summed E-state index contributed by atoms with van der Waals surface area (Å²) in [6.45, 7) is 1.54. The second kappa shape index (κ2) is 4.24. The molecule has 1 heterocycles. The SMILES string of the molecule is O=C(NCCC1CO1)c1ccccc1. The van der Waals surface area contributed by atoms with Gasteiger partial charge in [-0.1, -0.05) is 18.2 Å². The number of ether oxygens (including phenoxy) is 1. The fourth-order valence-electron chi connectivity index (χ4n) is 1.27. The Balaban J connectivity index is 1.77. The van der Waals surface area contributed by atoms with Gasteiger partial charge in [0.15, 0.2) is 0 Å². The van der Waals surface area contributed by atoms with Crippen molar-refractivity contribution < 1.29 is 9.53 Å². The van der Waals surface area contributed by atoms with E-state index in [4.69, 9.17) is 4.74 Å². The smallest absolute Gasteiger partial charge is 0.251 e. The highest BCUT2D eigenvalue weighted by Crippen LogP contribution is 2.11. The first kappa shape index (κ1) is 9.21. The molecular formula is C11H13NO2. The van der Waals surface area contributed by atoms with E-state index in [0.29, 0.717) is 18.2 Å². The number of epoxide rings is 1. The summed E-state index contributed by atoms with van der Waals surface area (Å²) in [6.07, 6.45) is 1.30. The predicted octanol–water partition coefficient (Wildman–Crippen LogP) is 1.21. The Morgan fingerprint density at radius 1 is 1.43 bits per heavy atom. The molecule has 0 bridgehead atoms. The number of amides is 1. The number of carbonyl (C=O) groups excluding carboxylic acids is 1. The maximum Gasteiger partial charge on any atom is 0.251 e. The second-order valence-electron chi connectivity index (χ2n) is 3.37. The van der Waals surface area contributed by atoms with Gasteiger partial charge in [0.25, 0.3) is 5.91 Å². The summed E-state index contributed by atoms with van der Waals surface area (Å²) in [5.41, 5.74) is 0.712. The van der Waals surface area contributed by atoms with E-state index in [2.05, 4.69) is 5.32 Å². The summed E-state index contributed by atoms with van der Waals surface area (Å²) in [4.78, 5) is 11.5. The summed E-state index contributed by atoms with van der Waals surface area (Å²) < 4.78 is 5.04. The first-order valence-corrected chi connectivity index (χ1v) is 4.81. The highest BCUT2D eigenvalue weighted by Gasteiger charge is 2.21. The van der Waals surface area contributed by atoms with Gasteiger partial charge in [-0.2, -0.15) is 0 Å². The van der Waals surface area contributed by atoms with E-state index in [1.165, 1.54) is 0 Å². The molecule has 2 rings (SSSR count). The molecule has 1 aromatic rings. The number of carbonyl (C=O) groups is 1. The lowest BCUT2D eigenvalue weighted by molar-refractivity contribution is 0.0952. The summed E-state index contributed by atoms with van der Waals surface area (Å²) >= 11 is 0. The lowest BCUT2D eigenvalue weighted by Gasteiger charge is -2.02. The molecule has 0 radical (unpaired) electrons. The molecule has 1 N–H and O–H groups in total. The fraction of sp³-hybridized carbons (Fsp3) is 0.364. The molecule has 1 amide bonds. The maximum atomic E-state index is 11.5. The minimum absolute atomic E-state index is 0.00810. The Morgan fingerprint density at radius 3 is 2.79 bits per heavy atom. The Hall–Kier alpha value is -1.35. The first-order valence-electron chi connectivity index (χ1n) is 4.81. The van der Waals surface area contributed by atoms with Crippen LogP contribution < -0.4 is 5.32 Å². The van der Waals surface area contributed by atoms with Gasteiger partial charge in [-0.05, 0) is 18.6 Å². The Morgan fingerprint density at radius 2 is 2.14 bits per heavy atom. The van der Waals surface area contributed by atoms with Gasteiger partial charge in [0.1, 0.15) is 0 Å². The fourth-order valence-corrected chi connectivity index (χ4v) is 1.27. The van der Waals surface area contributed by atoms with Crippen LogP contribution in [0.3, 0.4) is 0 Å². The largest absolute Gasteiger partial charge is 0.373 e. The number of rotatable bonds is 4. The molecule has 0 aromatic heterocycles. The second-order valence-corrected chi connectivity index (χ2v) is 3.37. The standard InChI is InChI=1S/C11H13NO2/c13-11(9-4-2-1-3-5-9)12-7-6-10-8-14-10/h1-5,10H,6-8H2,(H,12,13). The van der Waals surface area contributed by atoms with E-state index in [0.717, 1.165) is 13.0 Å². The van der Waals surface area contributed by atoms with Crippen LogP contribution in [0.2, 0.25) is 0 Å². The van der Waals surface area contributed by atoms with E-state index in [1.807, 2.05) is 30.3 Å². The molecule has 1 unspecified atom stereocenters. The lowest BCUT2D eigenvalue weighted by atomic mass is 10.2. The van der Waals surface area contributed by atoms with Crippen LogP contribution in [0.5, 0.6) is 0 Å². The van der Waals surface area contributed by atoms with Crippen molar-refractivity contribution in [1.82, 2.24) is 5.32 Å². The van der Waals surface area contributed by atoms with Crippen molar-refractivity contribution in [2.45, 2.75) is 12.5 Å². The number of nitrogens with one attached hydrogen (secondary N) is 1. The quantitative estimate of drug-likeness (QED) is 0.727. The normalized spacial score (nSPS) is 19.0. The molecule has 1 aliphatic heterocycles. The zero-order valence-electron chi connectivity index (χ0n) is 7.90. The van der Waals surface area contributed by atoms with Crippen LogP contribution in [0.4, 0.5) is 0 Å². The van der Waals surface area contributed by atoms with Crippen LogP contribution in [0.25, 0.3) is 0 Å². The minimum atomic E-state index is -0.00810. The van der Waals surface area contributed by atoms with Crippen LogP contribution >= 0.6 is 0 Å². The summed E-state index contributed by atoms with van der Waals surface area (Å²) in [5.74, 6) is -0.00810. The van der Waals surface area contributed by atoms with Gasteiger partial charge in [0.05, 0.1) is 12.7 Å². The van der Waals surface area contributed by atoms with Crippen LogP contribution in [0.15, 0.2) is 30.3 Å². The lowest BCUT2D eigenvalue weighted by Crippen LogP contribution is -2.25. The predicted molar refractivity (Wildman–Crippen MR) is 53.1 cm³/mol. The van der Waals surface area contributed by atoms with E-state index >= 15 is 0 Å². The monoisotopic (exact) mass is 191 g/mol. The highest BCUT2D eigenvalue weighted by atomic mass is 16.6. The van der Waals surface area contributed by atoms with Gasteiger partial charge in [-0.15, -0.1) is 0 Å². The molecule has 1 fully saturated rings. The molecule has 1 saturated heterocycles. The van der Waals surface area contributed by atoms with Crippen molar-refractivity contribution in [3.05, 3.63) is 35.9 Å². The third-order valence-corrected chi connectivity index (χ3v) is 2.19. The average molecular weight is 191 g/mol. The number of hydrogen-bond acceptors (Lipinski definition) is 2. The van der Waals surface area contributed by atoms with Crippen LogP contribution in [-0.2, 0) is 4.74 Å². The van der Waals surface area contributed by atoms with Crippen molar-refractivity contribution in [2.24, 2.45) is 0 Å². The van der Waals surface area contributed by atoms with Crippen molar-refractivity contribution in [3.8, 4) is 0 Å². The van der Waals surface area contributed by atoms with Gasteiger partial charge in [-0.3, -0.25) is 4.79 Å². The van der Waals surface area contributed by atoms with E-state index < -0.39 is 0 Å². The third kappa shape index (κ3) is 2.57. The van der Waals surface area contributed by atoms with Gasteiger partial charge < -0.3 is 10.1 Å². The zero-order valence-corrected chi connectivity index (χ0v) is 7.90. The van der Waals surface area contributed by atoms with Crippen LogP contribution in [0, 0.1) is 0 Å². The molecule has 0 aliphatic carbocycles. The third-order valence-electron chi connectivity index (χ3n) is 2.19. The van der Waals surface area contributed by atoms with Crippen molar-refractivity contribution in [2.75, 3.05) is 13.2 Å². The van der Waals surface area contributed by atoms with Gasteiger partial charge in [-0.25, -0.2) is 0 Å². The Kier molecular flexibility index (Phi) is 2.79. The average Bonchev–Trinajstić information content (AvgIpc) is 3.03. The molecule has 3 heteroatoms. The topological polar surface area (TPSA) is 41.6 Å². The summed E-state index contributed by atoms with van der Waals surface area (Å²) in [6, 6.07) is 9.23. The van der Waals surface area contributed by atoms with Gasteiger partial charge in [0, 0.05) is 12.1 Å². The van der Waals surface area contributed by atoms with Crippen molar-refractivity contribution in [1.29, 1.82) is 0 Å². The first-order chi connectivity index (χ1) is 6.86. The molecule has 1 atom stereocenters. The molecule has 3 nitrogen and oxygen atoms in total. The van der Waals surface area contributed by atoms with E-state index in [1.54, 1.807) is 0 Å². The van der Waals surface area contributed by atoms with Crippen LogP contribution in [0.1, 0.15) is 16.8 Å². The highest BCUT2D eigenvalue weighted by molar-refractivity contribution is 5.94. The van der Waals surface area contributed by atoms with Gasteiger partial charge >= 0.3 is 0 Å². The maximum absolute atomic E-state index is 11.5. The number of benzene rings is 1. The molecule has 14 heavy (non-hydrogen) atoms. The minimum Gasteiger partial charge on any atom is -0.373 e. The molecule has 0 spiro atoms. The molecule has 74 valence electrons. The van der Waals surface area contributed by atoms with Crippen LogP contribution in [-0.4, -0.2) is 25.2 Å². The summed E-state index contributed by atoms with van der Waals surface area (Å²) in [5, 5.41) is 2.85. The van der Waals surface area contributed by atoms with E-state index in [-0.39, 0.29) is 5.91 Å². The Labute approximate surface area is 83.1 Å². The number of hydrogen-bond donors (Lipinski definition) is 1. The zero-order chi connectivity index (χ0) is 9.80. The molecule has 0 saturated carbocycles. The molecule has 1 aromatic carbocycles. The van der Waals surface area contributed by atoms with Crippen molar-refractivity contribution >= 4 is 5.91 Å². The van der Waals surface area contributed by atoms with E-state index in [9.17, 15) is 4.79 Å². The van der Waals surface area contributed by atoms with Crippen molar-refractivity contribution in [3.63, 3.8) is 0 Å². The molecule has 1 aliphatic rings. The summed E-state index contributed by atoms with van der Waals surface area (Å²) in [7, 11) is 0. The molecular weight excluding hydrogens is 178 g/mol. The Bertz CT molecular complexity index is 306. The van der Waals surface area contributed by atoms with Gasteiger partial charge in [0.2, 0.25) is 0 Å².